The predicted molar refractivity (Wildman–Crippen MR) is 61.9 cm³/mol. The summed E-state index contributed by atoms with van der Waals surface area (Å²) in [7, 11) is 0. The van der Waals surface area contributed by atoms with E-state index in [1.807, 2.05) is 13.8 Å². The van der Waals surface area contributed by atoms with Gasteiger partial charge >= 0.3 is 0 Å². The van der Waals surface area contributed by atoms with Crippen molar-refractivity contribution in [1.29, 1.82) is 0 Å². The largest absolute Gasteiger partial charge is 0.370 e. The first-order valence-electron chi connectivity index (χ1n) is 4.85. The van der Waals surface area contributed by atoms with Crippen LogP contribution in [0.25, 0.3) is 0 Å². The molecule has 82 valence electrons. The first-order chi connectivity index (χ1) is 6.52. The fourth-order valence-corrected chi connectivity index (χ4v) is 1.28. The van der Waals surface area contributed by atoms with Gasteiger partial charge in [0.05, 0.1) is 0 Å². The topological polar surface area (TPSA) is 67.2 Å². The first kappa shape index (κ1) is 13.2. The quantitative estimate of drug-likeness (QED) is 0.448. The number of primary amides is 1. The molecule has 4 nitrogen and oxygen atoms in total. The third-order valence-corrected chi connectivity index (χ3v) is 1.82. The number of unbranched alkanes of at least 4 members (excludes halogenated alkanes) is 1. The molecule has 0 saturated carbocycles. The Kier molecular flexibility index (Phi) is 7.10. The summed E-state index contributed by atoms with van der Waals surface area (Å²) in [5, 5.41) is 6.79. The maximum Gasteiger partial charge on any atom is 0.217 e. The van der Waals surface area contributed by atoms with Crippen molar-refractivity contribution in [1.82, 2.24) is 10.6 Å². The number of carbonyl (C=O) groups excluding carboxylic acids is 1. The Morgan fingerprint density at radius 3 is 2.57 bits per heavy atom. The van der Waals surface area contributed by atoms with Crippen LogP contribution in [-0.4, -0.2) is 23.6 Å². The van der Waals surface area contributed by atoms with Gasteiger partial charge in [-0.05, 0) is 38.9 Å². The number of hydrogen-bond donors (Lipinski definition) is 3. The molecule has 0 spiro atoms. The van der Waals surface area contributed by atoms with Gasteiger partial charge in [-0.3, -0.25) is 4.79 Å². The highest BCUT2D eigenvalue weighted by Gasteiger charge is 1.97. The Bertz CT molecular complexity index is 194. The number of carbonyl (C=O) groups is 1. The first-order valence-corrected chi connectivity index (χ1v) is 5.26. The van der Waals surface area contributed by atoms with Gasteiger partial charge in [-0.15, -0.1) is 0 Å². The molecule has 0 aromatic heterocycles. The Labute approximate surface area is 90.6 Å². The lowest BCUT2D eigenvalue weighted by molar-refractivity contribution is -0.118. The highest BCUT2D eigenvalue weighted by molar-refractivity contribution is 7.80. The molecule has 0 rings (SSSR count). The summed E-state index contributed by atoms with van der Waals surface area (Å²) in [5.74, 6) is -0.243. The van der Waals surface area contributed by atoms with Crippen LogP contribution in [0.4, 0.5) is 0 Å². The van der Waals surface area contributed by atoms with E-state index in [2.05, 4.69) is 10.6 Å². The lowest BCUT2D eigenvalue weighted by Crippen LogP contribution is -2.39. The minimum Gasteiger partial charge on any atom is -0.370 e. The van der Waals surface area contributed by atoms with Gasteiger partial charge in [0.1, 0.15) is 0 Å². The van der Waals surface area contributed by atoms with Crippen molar-refractivity contribution in [3.05, 3.63) is 0 Å². The number of thiocarbonyl (C=S) groups is 1. The van der Waals surface area contributed by atoms with Gasteiger partial charge in [0.15, 0.2) is 5.11 Å². The summed E-state index contributed by atoms with van der Waals surface area (Å²) in [6, 6.07) is 0.348. The number of amides is 1. The molecular formula is C9H19N3OS. The Hall–Kier alpha value is -0.840. The van der Waals surface area contributed by atoms with Gasteiger partial charge in [0.25, 0.3) is 0 Å². The summed E-state index contributed by atoms with van der Waals surface area (Å²) < 4.78 is 0. The smallest absolute Gasteiger partial charge is 0.217 e. The fourth-order valence-electron chi connectivity index (χ4n) is 0.939. The van der Waals surface area contributed by atoms with Crippen LogP contribution in [-0.2, 0) is 4.79 Å². The third-order valence-electron chi connectivity index (χ3n) is 1.56. The molecule has 0 bridgehead atoms. The number of rotatable bonds is 6. The average molecular weight is 217 g/mol. The van der Waals surface area contributed by atoms with Crippen molar-refractivity contribution in [2.45, 2.75) is 39.2 Å². The molecule has 0 unspecified atom stereocenters. The Morgan fingerprint density at radius 1 is 1.43 bits per heavy atom. The zero-order chi connectivity index (χ0) is 11.0. The van der Waals surface area contributed by atoms with E-state index in [1.165, 1.54) is 0 Å². The molecule has 0 saturated heterocycles. The van der Waals surface area contributed by atoms with Crippen molar-refractivity contribution < 1.29 is 4.79 Å². The van der Waals surface area contributed by atoms with Gasteiger partial charge in [-0.1, -0.05) is 0 Å². The van der Waals surface area contributed by atoms with Crippen LogP contribution in [0, 0.1) is 0 Å². The minimum absolute atomic E-state index is 0.243. The van der Waals surface area contributed by atoms with Crippen LogP contribution in [0.3, 0.4) is 0 Å². The van der Waals surface area contributed by atoms with Crippen molar-refractivity contribution in [2.24, 2.45) is 5.73 Å². The molecule has 1 amide bonds. The lowest BCUT2D eigenvalue weighted by atomic mass is 10.2. The standard InChI is InChI=1S/C9H19N3OS/c1-7(2)12-9(14)11-6-4-3-5-8(10)13/h7H,3-6H2,1-2H3,(H2,10,13)(H2,11,12,14). The van der Waals surface area contributed by atoms with Crippen LogP contribution in [0.1, 0.15) is 33.1 Å². The van der Waals surface area contributed by atoms with Crippen molar-refractivity contribution in [2.75, 3.05) is 6.54 Å². The Balaban J connectivity index is 3.27. The predicted octanol–water partition coefficient (Wildman–Crippen LogP) is 0.514. The molecule has 0 heterocycles. The number of nitrogens with two attached hydrogens (primary N) is 1. The summed E-state index contributed by atoms with van der Waals surface area (Å²) in [6.07, 6.45) is 2.17. The molecule has 4 N–H and O–H groups in total. The van der Waals surface area contributed by atoms with E-state index in [-0.39, 0.29) is 5.91 Å². The van der Waals surface area contributed by atoms with Crippen molar-refractivity contribution >= 4 is 23.2 Å². The summed E-state index contributed by atoms with van der Waals surface area (Å²) >= 11 is 5.02. The monoisotopic (exact) mass is 217 g/mol. The zero-order valence-electron chi connectivity index (χ0n) is 8.80. The molecule has 0 aliphatic carbocycles. The van der Waals surface area contributed by atoms with E-state index in [9.17, 15) is 4.79 Å². The highest BCUT2D eigenvalue weighted by Crippen LogP contribution is 1.92. The van der Waals surface area contributed by atoms with E-state index in [0.29, 0.717) is 17.6 Å². The average Bonchev–Trinajstić information content (AvgIpc) is 2.01. The van der Waals surface area contributed by atoms with E-state index in [1.54, 1.807) is 0 Å². The van der Waals surface area contributed by atoms with Crippen LogP contribution >= 0.6 is 12.2 Å². The maximum absolute atomic E-state index is 10.4. The van der Waals surface area contributed by atoms with Crippen LogP contribution < -0.4 is 16.4 Å². The van der Waals surface area contributed by atoms with Gasteiger partial charge < -0.3 is 16.4 Å². The highest BCUT2D eigenvalue weighted by atomic mass is 32.1. The normalized spacial score (nSPS) is 9.93. The molecule has 14 heavy (non-hydrogen) atoms. The Morgan fingerprint density at radius 2 is 2.07 bits per heavy atom. The molecule has 0 aromatic carbocycles. The van der Waals surface area contributed by atoms with Gasteiger partial charge in [0.2, 0.25) is 5.91 Å². The second-order valence-corrected chi connectivity index (χ2v) is 3.89. The lowest BCUT2D eigenvalue weighted by Gasteiger charge is -2.12. The zero-order valence-corrected chi connectivity index (χ0v) is 9.62. The molecule has 0 atom stereocenters. The fraction of sp³-hybridized carbons (Fsp3) is 0.778. The van der Waals surface area contributed by atoms with Gasteiger partial charge in [0, 0.05) is 19.0 Å². The summed E-state index contributed by atoms with van der Waals surface area (Å²) in [6.45, 7) is 4.84. The minimum atomic E-state index is -0.243. The van der Waals surface area contributed by atoms with E-state index < -0.39 is 0 Å². The number of nitrogens with one attached hydrogen (secondary N) is 2. The second kappa shape index (κ2) is 7.55. The SMILES string of the molecule is CC(C)NC(=S)NCCCCC(N)=O. The molecule has 0 radical (unpaired) electrons. The van der Waals surface area contributed by atoms with E-state index in [0.717, 1.165) is 19.4 Å². The van der Waals surface area contributed by atoms with E-state index >= 15 is 0 Å². The van der Waals surface area contributed by atoms with Gasteiger partial charge in [-0.25, -0.2) is 0 Å². The van der Waals surface area contributed by atoms with E-state index in [4.69, 9.17) is 18.0 Å². The second-order valence-electron chi connectivity index (χ2n) is 3.48. The van der Waals surface area contributed by atoms with Crippen molar-refractivity contribution in [3.8, 4) is 0 Å². The summed E-state index contributed by atoms with van der Waals surface area (Å²) in [4.78, 5) is 10.4. The third kappa shape index (κ3) is 9.25. The molecule has 5 heteroatoms. The molecule has 0 aromatic rings. The van der Waals surface area contributed by atoms with Crippen molar-refractivity contribution in [3.63, 3.8) is 0 Å². The molecular weight excluding hydrogens is 198 g/mol. The van der Waals surface area contributed by atoms with Crippen LogP contribution in [0.15, 0.2) is 0 Å². The summed E-state index contributed by atoms with van der Waals surface area (Å²) in [5.41, 5.74) is 5.00. The number of hydrogen-bond acceptors (Lipinski definition) is 2. The molecule has 0 aliphatic rings. The van der Waals surface area contributed by atoms with Crippen LogP contribution in [0.5, 0.6) is 0 Å². The molecule has 0 fully saturated rings. The van der Waals surface area contributed by atoms with Crippen LogP contribution in [0.2, 0.25) is 0 Å². The maximum atomic E-state index is 10.4. The van der Waals surface area contributed by atoms with Gasteiger partial charge in [-0.2, -0.15) is 0 Å². The molecule has 0 aliphatic heterocycles.